The van der Waals surface area contributed by atoms with Crippen LogP contribution in [-0.4, -0.2) is 48.6 Å². The number of aliphatic hydroxyl groups excluding tert-OH is 1. The number of unbranched alkanes of at least 4 members (excludes halogenated alkanes) is 1. The van der Waals surface area contributed by atoms with E-state index in [4.69, 9.17) is 9.47 Å². The predicted molar refractivity (Wildman–Crippen MR) is 128 cm³/mol. The number of hydrogen-bond donors (Lipinski definition) is 1. The molecule has 0 aliphatic carbocycles. The summed E-state index contributed by atoms with van der Waals surface area (Å²) in [5, 5.41) is 11.2. The Morgan fingerprint density at radius 1 is 1.06 bits per heavy atom. The lowest BCUT2D eigenvalue weighted by Gasteiger charge is -2.25. The van der Waals surface area contributed by atoms with Gasteiger partial charge in [-0.25, -0.2) is 0 Å². The monoisotopic (exact) mass is 451 g/mol. The highest BCUT2D eigenvalue weighted by atomic mass is 16.5. The number of amides is 1. The molecule has 0 saturated carbocycles. The largest absolute Gasteiger partial charge is 0.507 e. The third-order valence-corrected chi connectivity index (χ3v) is 5.98. The summed E-state index contributed by atoms with van der Waals surface area (Å²) in [7, 11) is 1.55. The van der Waals surface area contributed by atoms with Crippen molar-refractivity contribution < 1.29 is 24.2 Å². The van der Waals surface area contributed by atoms with Crippen LogP contribution in [0.3, 0.4) is 0 Å². The highest BCUT2D eigenvalue weighted by Crippen LogP contribution is 2.39. The first-order valence-corrected chi connectivity index (χ1v) is 11.5. The minimum absolute atomic E-state index is 0.0967. The molecular weight excluding hydrogens is 418 g/mol. The maximum absolute atomic E-state index is 13.1. The smallest absolute Gasteiger partial charge is 0.295 e. The molecule has 33 heavy (non-hydrogen) atoms. The first-order valence-electron chi connectivity index (χ1n) is 11.5. The van der Waals surface area contributed by atoms with Gasteiger partial charge in [0, 0.05) is 19.2 Å². The molecule has 3 rings (SSSR count). The Labute approximate surface area is 195 Å². The number of ether oxygens (including phenoxy) is 2. The van der Waals surface area contributed by atoms with Gasteiger partial charge in [-0.05, 0) is 54.7 Å². The number of methoxy groups -OCH3 is 1. The molecule has 0 spiro atoms. The minimum atomic E-state index is -0.686. The van der Waals surface area contributed by atoms with Gasteiger partial charge >= 0.3 is 0 Å². The van der Waals surface area contributed by atoms with Crippen molar-refractivity contribution in [1.82, 2.24) is 4.90 Å². The second-order valence-electron chi connectivity index (χ2n) is 8.26. The lowest BCUT2D eigenvalue weighted by Crippen LogP contribution is -2.32. The molecular formula is C27H33NO5. The van der Waals surface area contributed by atoms with Crippen LogP contribution in [0.25, 0.3) is 5.76 Å². The molecule has 1 heterocycles. The highest BCUT2D eigenvalue weighted by molar-refractivity contribution is 6.46. The number of carbonyl (C=O) groups excluding carboxylic acids is 2. The summed E-state index contributed by atoms with van der Waals surface area (Å²) in [4.78, 5) is 27.4. The number of Topliss-reactive ketones (excluding diaryl/α,β-unsaturated/α-hetero) is 1. The van der Waals surface area contributed by atoms with Crippen LogP contribution in [0.1, 0.15) is 55.0 Å². The lowest BCUT2D eigenvalue weighted by molar-refractivity contribution is -0.140. The van der Waals surface area contributed by atoms with Gasteiger partial charge in [0.1, 0.15) is 11.5 Å². The molecule has 2 aromatic carbocycles. The maximum Gasteiger partial charge on any atom is 0.295 e. The van der Waals surface area contributed by atoms with E-state index in [0.717, 1.165) is 41.7 Å². The number of carbonyl (C=O) groups is 2. The van der Waals surface area contributed by atoms with E-state index >= 15 is 0 Å². The van der Waals surface area contributed by atoms with Gasteiger partial charge in [-0.2, -0.15) is 0 Å². The maximum atomic E-state index is 13.1. The first kappa shape index (κ1) is 24.5. The van der Waals surface area contributed by atoms with Crippen molar-refractivity contribution in [1.29, 1.82) is 0 Å². The van der Waals surface area contributed by atoms with E-state index < -0.39 is 17.7 Å². The Morgan fingerprint density at radius 3 is 2.39 bits per heavy atom. The van der Waals surface area contributed by atoms with Crippen LogP contribution in [-0.2, 0) is 20.7 Å². The van der Waals surface area contributed by atoms with Crippen LogP contribution in [0, 0.1) is 6.92 Å². The molecule has 6 heteroatoms. The van der Waals surface area contributed by atoms with Crippen LogP contribution in [0.15, 0.2) is 48.0 Å². The molecule has 2 aromatic rings. The van der Waals surface area contributed by atoms with Crippen LogP contribution < -0.4 is 4.74 Å². The molecule has 0 radical (unpaired) electrons. The van der Waals surface area contributed by atoms with E-state index in [9.17, 15) is 14.7 Å². The third kappa shape index (κ3) is 5.28. The summed E-state index contributed by atoms with van der Waals surface area (Å²) in [6.07, 6.45) is 2.89. The summed E-state index contributed by atoms with van der Waals surface area (Å²) in [5.41, 5.74) is 3.37. The summed E-state index contributed by atoms with van der Waals surface area (Å²) in [6.45, 7) is 7.24. The van der Waals surface area contributed by atoms with Gasteiger partial charge in [-0.3, -0.25) is 9.59 Å². The van der Waals surface area contributed by atoms with E-state index in [1.807, 2.05) is 31.2 Å². The van der Waals surface area contributed by atoms with Gasteiger partial charge in [0.2, 0.25) is 0 Å². The second-order valence-corrected chi connectivity index (χ2v) is 8.26. The Balaban J connectivity index is 2.04. The average Bonchev–Trinajstić information content (AvgIpc) is 3.08. The minimum Gasteiger partial charge on any atom is -0.507 e. The zero-order valence-electron chi connectivity index (χ0n) is 19.9. The molecule has 0 bridgehead atoms. The molecule has 1 aliphatic rings. The molecule has 6 nitrogen and oxygen atoms in total. The van der Waals surface area contributed by atoms with Gasteiger partial charge in [-0.15, -0.1) is 0 Å². The van der Waals surface area contributed by atoms with Gasteiger partial charge in [-0.1, -0.05) is 44.5 Å². The van der Waals surface area contributed by atoms with Gasteiger partial charge in [0.15, 0.2) is 0 Å². The zero-order chi connectivity index (χ0) is 24.0. The van der Waals surface area contributed by atoms with E-state index in [1.165, 1.54) is 4.90 Å². The molecule has 0 aromatic heterocycles. The molecule has 1 atom stereocenters. The average molecular weight is 452 g/mol. The molecule has 176 valence electrons. The van der Waals surface area contributed by atoms with E-state index in [-0.39, 0.29) is 17.9 Å². The van der Waals surface area contributed by atoms with Crippen molar-refractivity contribution in [3.05, 3.63) is 70.3 Å². The van der Waals surface area contributed by atoms with Crippen molar-refractivity contribution in [3.8, 4) is 5.75 Å². The van der Waals surface area contributed by atoms with Gasteiger partial charge in [0.25, 0.3) is 11.7 Å². The quantitative estimate of drug-likeness (QED) is 0.243. The highest BCUT2D eigenvalue weighted by Gasteiger charge is 2.45. The fraction of sp³-hybridized carbons (Fsp3) is 0.407. The third-order valence-electron chi connectivity index (χ3n) is 5.98. The Kier molecular flexibility index (Phi) is 8.28. The van der Waals surface area contributed by atoms with Crippen molar-refractivity contribution >= 4 is 17.4 Å². The van der Waals surface area contributed by atoms with Crippen molar-refractivity contribution in [2.75, 3.05) is 26.9 Å². The summed E-state index contributed by atoms with van der Waals surface area (Å²) in [5.74, 6) is -0.753. The summed E-state index contributed by atoms with van der Waals surface area (Å²) in [6, 6.07) is 12.4. The number of rotatable bonds is 10. The lowest BCUT2D eigenvalue weighted by atomic mass is 9.94. The Morgan fingerprint density at radius 2 is 1.79 bits per heavy atom. The van der Waals surface area contributed by atoms with Crippen LogP contribution in [0.2, 0.25) is 0 Å². The predicted octanol–water partition coefficient (Wildman–Crippen LogP) is 4.80. The molecule has 1 fully saturated rings. The van der Waals surface area contributed by atoms with Crippen molar-refractivity contribution in [3.63, 3.8) is 0 Å². The molecule has 1 amide bonds. The Hall–Kier alpha value is -3.12. The number of likely N-dealkylation sites (tertiary alicyclic amines) is 1. The van der Waals surface area contributed by atoms with Gasteiger partial charge in [0.05, 0.1) is 24.8 Å². The van der Waals surface area contributed by atoms with Crippen molar-refractivity contribution in [2.24, 2.45) is 0 Å². The topological polar surface area (TPSA) is 76.1 Å². The SMILES string of the molecule is CCCCOc1ccc(/C(O)=C2\C(=O)C(=O)N(CCOC)[C@@H]2c2ccc(CC)cc2)cc1C. The number of aliphatic hydroxyl groups is 1. The zero-order valence-corrected chi connectivity index (χ0v) is 19.9. The normalized spacial score (nSPS) is 17.6. The van der Waals surface area contributed by atoms with Crippen molar-refractivity contribution in [2.45, 2.75) is 46.1 Å². The number of benzene rings is 2. The van der Waals surface area contributed by atoms with E-state index in [0.29, 0.717) is 18.8 Å². The molecule has 0 unspecified atom stereocenters. The number of hydrogen-bond acceptors (Lipinski definition) is 5. The van der Waals surface area contributed by atoms with E-state index in [1.54, 1.807) is 25.3 Å². The van der Waals surface area contributed by atoms with Crippen LogP contribution in [0.4, 0.5) is 0 Å². The fourth-order valence-electron chi connectivity index (χ4n) is 4.02. The van der Waals surface area contributed by atoms with Crippen LogP contribution >= 0.6 is 0 Å². The van der Waals surface area contributed by atoms with E-state index in [2.05, 4.69) is 13.8 Å². The number of nitrogens with zero attached hydrogens (tertiary/aromatic N) is 1. The Bertz CT molecular complexity index is 1030. The second kappa shape index (κ2) is 11.1. The summed E-state index contributed by atoms with van der Waals surface area (Å²) < 4.78 is 11.0. The molecule has 1 N–H and O–H groups in total. The standard InChI is InChI=1S/C27H33NO5/c1-5-7-15-33-22-13-12-21(17-18(22)3)25(29)23-24(20-10-8-19(6-2)9-11-20)28(14-16-32-4)27(31)26(23)30/h8-13,17,24,29H,5-7,14-16H2,1-4H3/b25-23+/t24-/m1/s1. The summed E-state index contributed by atoms with van der Waals surface area (Å²) >= 11 is 0. The fourth-order valence-corrected chi connectivity index (χ4v) is 4.02. The molecule has 1 saturated heterocycles. The number of ketones is 1. The number of aryl methyl sites for hydroxylation is 2. The first-order chi connectivity index (χ1) is 15.9. The van der Waals surface area contributed by atoms with Crippen LogP contribution in [0.5, 0.6) is 5.75 Å². The van der Waals surface area contributed by atoms with Gasteiger partial charge < -0.3 is 19.5 Å². The molecule has 1 aliphatic heterocycles.